The maximum absolute atomic E-state index is 3.60. The Hall–Kier alpha value is -1.02. The van der Waals surface area contributed by atoms with Crippen molar-refractivity contribution in [2.24, 2.45) is 17.3 Å². The average molecular weight is 272 g/mol. The summed E-state index contributed by atoms with van der Waals surface area (Å²) in [7, 11) is 0. The lowest BCUT2D eigenvalue weighted by Crippen LogP contribution is -2.35. The minimum Gasteiger partial charge on any atom is -0.384 e. The van der Waals surface area contributed by atoms with Gasteiger partial charge >= 0.3 is 0 Å². The Bertz CT molecular complexity index is 461. The van der Waals surface area contributed by atoms with Crippen LogP contribution >= 0.6 is 0 Å². The van der Waals surface area contributed by atoms with E-state index in [0.717, 1.165) is 18.4 Å². The van der Waals surface area contributed by atoms with Gasteiger partial charge < -0.3 is 10.2 Å². The van der Waals surface area contributed by atoms with Crippen LogP contribution in [0.1, 0.15) is 32.8 Å². The third-order valence-electron chi connectivity index (χ3n) is 5.12. The van der Waals surface area contributed by atoms with Crippen molar-refractivity contribution in [2.75, 3.05) is 31.5 Å². The molecule has 0 aliphatic carbocycles. The molecule has 110 valence electrons. The summed E-state index contributed by atoms with van der Waals surface area (Å²) in [6.07, 6.45) is 2.61. The van der Waals surface area contributed by atoms with E-state index in [0.29, 0.717) is 5.41 Å². The minimum absolute atomic E-state index is 0.464. The predicted octanol–water partition coefficient (Wildman–Crippen LogP) is 3.64. The number of anilines is 1. The number of nitrogens with zero attached hydrogens (tertiary/aromatic N) is 1. The molecule has 1 fully saturated rings. The van der Waals surface area contributed by atoms with Gasteiger partial charge in [-0.1, -0.05) is 39.0 Å². The first kappa shape index (κ1) is 13.9. The van der Waals surface area contributed by atoms with E-state index in [2.05, 4.69) is 55.3 Å². The number of hydrogen-bond donors (Lipinski definition) is 1. The smallest absolute Gasteiger partial charge is 0.0372 e. The summed E-state index contributed by atoms with van der Waals surface area (Å²) in [4.78, 5) is 2.69. The Morgan fingerprint density at radius 2 is 2.05 bits per heavy atom. The molecule has 1 N–H and O–H groups in total. The third kappa shape index (κ3) is 3.01. The van der Waals surface area contributed by atoms with Crippen molar-refractivity contribution >= 4 is 5.69 Å². The highest BCUT2D eigenvalue weighted by Crippen LogP contribution is 2.34. The van der Waals surface area contributed by atoms with E-state index in [-0.39, 0.29) is 0 Å². The van der Waals surface area contributed by atoms with Crippen LogP contribution in [0, 0.1) is 17.3 Å². The van der Waals surface area contributed by atoms with Crippen LogP contribution in [0.25, 0.3) is 0 Å². The second-order valence-electron chi connectivity index (χ2n) is 7.72. The molecule has 2 nitrogen and oxygen atoms in total. The van der Waals surface area contributed by atoms with E-state index in [1.807, 2.05) is 0 Å². The zero-order valence-corrected chi connectivity index (χ0v) is 13.2. The van der Waals surface area contributed by atoms with E-state index >= 15 is 0 Å². The van der Waals surface area contributed by atoms with Crippen molar-refractivity contribution in [3.63, 3.8) is 0 Å². The number of hydrogen-bond acceptors (Lipinski definition) is 2. The van der Waals surface area contributed by atoms with Crippen molar-refractivity contribution in [3.8, 4) is 0 Å². The first-order chi connectivity index (χ1) is 9.52. The molecule has 20 heavy (non-hydrogen) atoms. The van der Waals surface area contributed by atoms with Gasteiger partial charge in [-0.15, -0.1) is 0 Å². The summed E-state index contributed by atoms with van der Waals surface area (Å²) >= 11 is 0. The topological polar surface area (TPSA) is 15.3 Å². The van der Waals surface area contributed by atoms with Crippen molar-refractivity contribution < 1.29 is 0 Å². The lowest BCUT2D eigenvalue weighted by molar-refractivity contribution is 0.215. The fourth-order valence-electron chi connectivity index (χ4n) is 3.71. The molecule has 0 spiro atoms. The molecule has 2 aliphatic heterocycles. The normalized spacial score (nSPS) is 27.1. The number of para-hydroxylation sites is 1. The fourth-order valence-corrected chi connectivity index (χ4v) is 3.71. The summed E-state index contributed by atoms with van der Waals surface area (Å²) in [5.74, 6) is 1.63. The summed E-state index contributed by atoms with van der Waals surface area (Å²) in [6, 6.07) is 8.77. The van der Waals surface area contributed by atoms with Gasteiger partial charge in [0.1, 0.15) is 0 Å². The molecule has 1 aromatic carbocycles. The molecule has 2 heterocycles. The van der Waals surface area contributed by atoms with Crippen LogP contribution in [0.5, 0.6) is 0 Å². The number of fused-ring (bicyclic) bond motifs is 1. The standard InChI is InChI=1S/C18H28N2/c1-18(2,3)16-8-9-20(13-16)12-14-10-15-6-4-5-7-17(15)19-11-14/h4-7,14,16,19H,8-13H2,1-3H3. The molecule has 0 saturated carbocycles. The first-order valence-electron chi connectivity index (χ1n) is 8.06. The highest BCUT2D eigenvalue weighted by Gasteiger charge is 2.32. The maximum atomic E-state index is 3.60. The van der Waals surface area contributed by atoms with E-state index in [1.165, 1.54) is 43.7 Å². The maximum Gasteiger partial charge on any atom is 0.0372 e. The number of rotatable bonds is 2. The lowest BCUT2D eigenvalue weighted by atomic mass is 9.80. The van der Waals surface area contributed by atoms with Crippen LogP contribution in [0.3, 0.4) is 0 Å². The minimum atomic E-state index is 0.464. The molecule has 3 rings (SSSR count). The van der Waals surface area contributed by atoms with E-state index in [4.69, 9.17) is 0 Å². The van der Waals surface area contributed by atoms with Gasteiger partial charge in [0.2, 0.25) is 0 Å². The monoisotopic (exact) mass is 272 g/mol. The number of benzene rings is 1. The summed E-state index contributed by atoms with van der Waals surface area (Å²) in [5.41, 5.74) is 3.31. The Morgan fingerprint density at radius 1 is 1.25 bits per heavy atom. The number of nitrogens with one attached hydrogen (secondary N) is 1. The van der Waals surface area contributed by atoms with Gasteiger partial charge in [0, 0.05) is 25.3 Å². The average Bonchev–Trinajstić information content (AvgIpc) is 2.87. The summed E-state index contributed by atoms with van der Waals surface area (Å²) in [5, 5.41) is 3.60. The van der Waals surface area contributed by atoms with E-state index in [9.17, 15) is 0 Å². The molecule has 2 atom stereocenters. The zero-order valence-electron chi connectivity index (χ0n) is 13.2. The number of likely N-dealkylation sites (tertiary alicyclic amines) is 1. The Kier molecular flexibility index (Phi) is 3.76. The van der Waals surface area contributed by atoms with Crippen LogP contribution in [-0.4, -0.2) is 31.1 Å². The molecule has 0 amide bonds. The van der Waals surface area contributed by atoms with Crippen molar-refractivity contribution in [1.82, 2.24) is 4.90 Å². The third-order valence-corrected chi connectivity index (χ3v) is 5.12. The molecular formula is C18H28N2. The van der Waals surface area contributed by atoms with Crippen LogP contribution in [0.2, 0.25) is 0 Å². The summed E-state index contributed by atoms with van der Waals surface area (Å²) in [6.45, 7) is 12.1. The first-order valence-corrected chi connectivity index (χ1v) is 8.06. The highest BCUT2D eigenvalue weighted by molar-refractivity contribution is 5.53. The molecule has 2 unspecified atom stereocenters. The van der Waals surface area contributed by atoms with Gasteiger partial charge in [0.05, 0.1) is 0 Å². The molecular weight excluding hydrogens is 244 g/mol. The largest absolute Gasteiger partial charge is 0.384 e. The highest BCUT2D eigenvalue weighted by atomic mass is 15.2. The molecule has 1 aromatic rings. The second kappa shape index (κ2) is 5.40. The molecule has 2 heteroatoms. The Balaban J connectivity index is 1.56. The molecule has 0 radical (unpaired) electrons. The van der Waals surface area contributed by atoms with Gasteiger partial charge in [0.25, 0.3) is 0 Å². The van der Waals surface area contributed by atoms with Crippen molar-refractivity contribution in [3.05, 3.63) is 29.8 Å². The predicted molar refractivity (Wildman–Crippen MR) is 86.1 cm³/mol. The van der Waals surface area contributed by atoms with E-state index < -0.39 is 0 Å². The SMILES string of the molecule is CC(C)(C)C1CCN(CC2CNc3ccccc3C2)C1. The Labute approximate surface area is 123 Å². The molecule has 0 bridgehead atoms. The van der Waals surface area contributed by atoms with Crippen LogP contribution in [0.4, 0.5) is 5.69 Å². The molecule has 2 aliphatic rings. The van der Waals surface area contributed by atoms with Crippen molar-refractivity contribution in [2.45, 2.75) is 33.6 Å². The summed E-state index contributed by atoms with van der Waals surface area (Å²) < 4.78 is 0. The van der Waals surface area contributed by atoms with Gasteiger partial charge in [-0.05, 0) is 48.3 Å². The van der Waals surface area contributed by atoms with Crippen molar-refractivity contribution in [1.29, 1.82) is 0 Å². The molecule has 1 saturated heterocycles. The van der Waals surface area contributed by atoms with Crippen LogP contribution in [-0.2, 0) is 6.42 Å². The zero-order chi connectivity index (χ0) is 14.2. The van der Waals surface area contributed by atoms with Gasteiger partial charge in [-0.3, -0.25) is 0 Å². The van der Waals surface area contributed by atoms with Gasteiger partial charge in [-0.25, -0.2) is 0 Å². The van der Waals surface area contributed by atoms with Crippen LogP contribution in [0.15, 0.2) is 24.3 Å². The van der Waals surface area contributed by atoms with E-state index in [1.54, 1.807) is 0 Å². The van der Waals surface area contributed by atoms with Gasteiger partial charge in [0.15, 0.2) is 0 Å². The quantitative estimate of drug-likeness (QED) is 0.884. The second-order valence-corrected chi connectivity index (χ2v) is 7.72. The van der Waals surface area contributed by atoms with Gasteiger partial charge in [-0.2, -0.15) is 0 Å². The molecule has 0 aromatic heterocycles. The van der Waals surface area contributed by atoms with Crippen LogP contribution < -0.4 is 5.32 Å². The Morgan fingerprint density at radius 3 is 2.80 bits per heavy atom. The fraction of sp³-hybridized carbons (Fsp3) is 0.667. The lowest BCUT2D eigenvalue weighted by Gasteiger charge is -2.31.